The molecule has 0 unspecified atom stereocenters. The van der Waals surface area contributed by atoms with Crippen LogP contribution in [-0.4, -0.2) is 4.98 Å². The number of fused-ring (bicyclic) bond motifs is 1. The number of anilines is 2. The summed E-state index contributed by atoms with van der Waals surface area (Å²) < 4.78 is 2.12. The number of rotatable bonds is 2. The van der Waals surface area contributed by atoms with E-state index in [1.807, 2.05) is 48.7 Å². The first-order chi connectivity index (χ1) is 9.22. The molecular weight excluding hydrogens is 368 g/mol. The summed E-state index contributed by atoms with van der Waals surface area (Å²) >= 11 is 6.94. The van der Waals surface area contributed by atoms with Gasteiger partial charge in [-0.1, -0.05) is 31.9 Å². The Morgan fingerprint density at radius 3 is 2.37 bits per heavy atom. The van der Waals surface area contributed by atoms with Crippen LogP contribution >= 0.6 is 31.9 Å². The minimum atomic E-state index is 0.977. The molecule has 0 aliphatic rings. The highest BCUT2D eigenvalue weighted by Gasteiger charge is 2.03. The van der Waals surface area contributed by atoms with Gasteiger partial charge in [0.1, 0.15) is 0 Å². The highest BCUT2D eigenvalue weighted by Crippen LogP contribution is 2.28. The van der Waals surface area contributed by atoms with E-state index in [1.54, 1.807) is 0 Å². The van der Waals surface area contributed by atoms with E-state index in [-0.39, 0.29) is 0 Å². The van der Waals surface area contributed by atoms with E-state index in [0.29, 0.717) is 0 Å². The van der Waals surface area contributed by atoms with E-state index in [4.69, 9.17) is 0 Å². The molecule has 1 heterocycles. The zero-order valence-electron chi connectivity index (χ0n) is 9.90. The van der Waals surface area contributed by atoms with Gasteiger partial charge in [0, 0.05) is 31.9 Å². The summed E-state index contributed by atoms with van der Waals surface area (Å²) in [6, 6.07) is 16.2. The Kier molecular flexibility index (Phi) is 3.53. The van der Waals surface area contributed by atoms with Crippen molar-refractivity contribution in [3.05, 3.63) is 63.7 Å². The summed E-state index contributed by atoms with van der Waals surface area (Å²) in [7, 11) is 0. The van der Waals surface area contributed by atoms with Crippen LogP contribution in [0.5, 0.6) is 0 Å². The number of nitrogens with one attached hydrogen (secondary N) is 1. The molecule has 0 radical (unpaired) electrons. The fraction of sp³-hybridized carbons (Fsp3) is 0. The third-order valence-corrected chi connectivity index (χ3v) is 3.85. The van der Waals surface area contributed by atoms with E-state index in [2.05, 4.69) is 48.2 Å². The summed E-state index contributed by atoms with van der Waals surface area (Å²) in [4.78, 5) is 4.37. The molecule has 3 aromatic rings. The molecule has 3 rings (SSSR count). The van der Waals surface area contributed by atoms with Crippen LogP contribution in [0, 0.1) is 0 Å². The molecule has 0 saturated heterocycles. The average molecular weight is 378 g/mol. The monoisotopic (exact) mass is 376 g/mol. The van der Waals surface area contributed by atoms with Gasteiger partial charge < -0.3 is 5.32 Å². The fourth-order valence-electron chi connectivity index (χ4n) is 1.92. The lowest BCUT2D eigenvalue weighted by Gasteiger charge is -2.09. The van der Waals surface area contributed by atoms with Gasteiger partial charge in [-0.25, -0.2) is 0 Å². The summed E-state index contributed by atoms with van der Waals surface area (Å²) in [6.07, 6.45) is 1.82. The first-order valence-electron chi connectivity index (χ1n) is 5.79. The van der Waals surface area contributed by atoms with Crippen LogP contribution < -0.4 is 5.32 Å². The molecule has 0 saturated carbocycles. The van der Waals surface area contributed by atoms with E-state index >= 15 is 0 Å². The second-order valence-electron chi connectivity index (χ2n) is 4.15. The van der Waals surface area contributed by atoms with E-state index in [0.717, 1.165) is 31.2 Å². The molecule has 19 heavy (non-hydrogen) atoms. The van der Waals surface area contributed by atoms with Crippen LogP contribution in [0.25, 0.3) is 10.9 Å². The van der Waals surface area contributed by atoms with Crippen molar-refractivity contribution < 1.29 is 0 Å². The maximum Gasteiger partial charge on any atom is 0.0723 e. The smallest absolute Gasteiger partial charge is 0.0723 e. The summed E-state index contributed by atoms with van der Waals surface area (Å²) in [6.45, 7) is 0. The largest absolute Gasteiger partial charge is 0.355 e. The van der Waals surface area contributed by atoms with Crippen molar-refractivity contribution in [1.82, 2.24) is 4.98 Å². The molecule has 2 aromatic carbocycles. The van der Waals surface area contributed by atoms with Crippen LogP contribution in [0.2, 0.25) is 0 Å². The molecule has 0 amide bonds. The topological polar surface area (TPSA) is 24.9 Å². The van der Waals surface area contributed by atoms with Gasteiger partial charge in [-0.3, -0.25) is 4.98 Å². The van der Waals surface area contributed by atoms with E-state index in [9.17, 15) is 0 Å². The Balaban J connectivity index is 2.05. The first kappa shape index (κ1) is 12.6. The van der Waals surface area contributed by atoms with Crippen molar-refractivity contribution in [2.75, 3.05) is 5.32 Å². The minimum absolute atomic E-state index is 0.977. The Labute approximate surface area is 128 Å². The fourth-order valence-corrected chi connectivity index (χ4v) is 2.54. The maximum atomic E-state index is 4.37. The molecule has 0 bridgehead atoms. The number of nitrogens with zero attached hydrogens (tertiary/aromatic N) is 1. The van der Waals surface area contributed by atoms with Crippen LogP contribution in [0.3, 0.4) is 0 Å². The van der Waals surface area contributed by atoms with Gasteiger partial charge in [-0.05, 0) is 48.5 Å². The highest BCUT2D eigenvalue weighted by molar-refractivity contribution is 9.10. The second-order valence-corrected chi connectivity index (χ2v) is 5.98. The predicted molar refractivity (Wildman–Crippen MR) is 86.9 cm³/mol. The van der Waals surface area contributed by atoms with Gasteiger partial charge in [-0.2, -0.15) is 0 Å². The number of hydrogen-bond donors (Lipinski definition) is 1. The number of halogens is 2. The maximum absolute atomic E-state index is 4.37. The SMILES string of the molecule is Brc1ccc(Nc2ccnc3ccc(Br)cc23)cc1. The van der Waals surface area contributed by atoms with Crippen molar-refractivity contribution in [3.63, 3.8) is 0 Å². The zero-order valence-corrected chi connectivity index (χ0v) is 13.1. The predicted octanol–water partition coefficient (Wildman–Crippen LogP) is 5.50. The highest BCUT2D eigenvalue weighted by atomic mass is 79.9. The lowest BCUT2D eigenvalue weighted by Crippen LogP contribution is -1.92. The van der Waals surface area contributed by atoms with Crippen molar-refractivity contribution in [2.24, 2.45) is 0 Å². The van der Waals surface area contributed by atoms with E-state index < -0.39 is 0 Å². The molecule has 4 heteroatoms. The Hall–Kier alpha value is -1.39. The molecule has 0 aliphatic heterocycles. The average Bonchev–Trinajstić information content (AvgIpc) is 2.42. The molecule has 2 nitrogen and oxygen atoms in total. The van der Waals surface area contributed by atoms with Gasteiger partial charge >= 0.3 is 0 Å². The Morgan fingerprint density at radius 2 is 1.58 bits per heavy atom. The van der Waals surface area contributed by atoms with Gasteiger partial charge in [-0.15, -0.1) is 0 Å². The number of aromatic nitrogens is 1. The van der Waals surface area contributed by atoms with E-state index in [1.165, 1.54) is 0 Å². The number of benzene rings is 2. The Morgan fingerprint density at radius 1 is 0.842 bits per heavy atom. The van der Waals surface area contributed by atoms with Crippen LogP contribution in [0.15, 0.2) is 63.7 Å². The van der Waals surface area contributed by atoms with Crippen molar-refractivity contribution in [1.29, 1.82) is 0 Å². The number of hydrogen-bond acceptors (Lipinski definition) is 2. The standard InChI is InChI=1S/C15H10Br2N2/c16-10-1-4-12(5-2-10)19-15-7-8-18-14-6-3-11(17)9-13(14)15/h1-9H,(H,18,19). The quantitative estimate of drug-likeness (QED) is 0.637. The summed E-state index contributed by atoms with van der Waals surface area (Å²) in [5, 5.41) is 4.52. The molecule has 0 aliphatic carbocycles. The van der Waals surface area contributed by atoms with Crippen LogP contribution in [0.4, 0.5) is 11.4 Å². The van der Waals surface area contributed by atoms with Crippen molar-refractivity contribution >= 4 is 54.1 Å². The van der Waals surface area contributed by atoms with Gasteiger partial charge in [0.25, 0.3) is 0 Å². The second kappa shape index (κ2) is 5.31. The first-order valence-corrected chi connectivity index (χ1v) is 7.38. The van der Waals surface area contributed by atoms with Crippen LogP contribution in [0.1, 0.15) is 0 Å². The molecule has 0 fully saturated rings. The third-order valence-electron chi connectivity index (χ3n) is 2.83. The van der Waals surface area contributed by atoms with Gasteiger partial charge in [0.05, 0.1) is 5.52 Å². The lowest BCUT2D eigenvalue weighted by atomic mass is 10.2. The van der Waals surface area contributed by atoms with Gasteiger partial charge in [0.15, 0.2) is 0 Å². The molecule has 0 spiro atoms. The summed E-state index contributed by atoms with van der Waals surface area (Å²) in [5.41, 5.74) is 3.08. The molecular formula is C15H10Br2N2. The Bertz CT molecular complexity index is 724. The molecule has 0 atom stereocenters. The zero-order chi connectivity index (χ0) is 13.2. The molecule has 1 N–H and O–H groups in total. The van der Waals surface area contributed by atoms with Gasteiger partial charge in [0.2, 0.25) is 0 Å². The normalized spacial score (nSPS) is 10.6. The third kappa shape index (κ3) is 2.80. The summed E-state index contributed by atoms with van der Waals surface area (Å²) in [5.74, 6) is 0. The lowest BCUT2D eigenvalue weighted by molar-refractivity contribution is 1.40. The number of pyridine rings is 1. The van der Waals surface area contributed by atoms with Crippen molar-refractivity contribution in [2.45, 2.75) is 0 Å². The molecule has 1 aromatic heterocycles. The molecule has 94 valence electrons. The van der Waals surface area contributed by atoms with Crippen LogP contribution in [-0.2, 0) is 0 Å². The minimum Gasteiger partial charge on any atom is -0.355 e. The van der Waals surface area contributed by atoms with Crippen molar-refractivity contribution in [3.8, 4) is 0 Å².